The molecule has 1 aromatic heterocycles. The van der Waals surface area contributed by atoms with Crippen molar-refractivity contribution in [2.45, 2.75) is 31.9 Å². The third-order valence-corrected chi connectivity index (χ3v) is 3.83. The Labute approximate surface area is 102 Å². The van der Waals surface area contributed by atoms with Crippen LogP contribution >= 0.6 is 0 Å². The highest BCUT2D eigenvalue weighted by Crippen LogP contribution is 2.28. The van der Waals surface area contributed by atoms with E-state index in [0.717, 1.165) is 19.6 Å². The van der Waals surface area contributed by atoms with Crippen molar-refractivity contribution < 1.29 is 4.74 Å². The first-order valence-corrected chi connectivity index (χ1v) is 6.37. The molecule has 3 heterocycles. The van der Waals surface area contributed by atoms with E-state index < -0.39 is 0 Å². The first-order chi connectivity index (χ1) is 8.25. The SMILES string of the molecule is CN1CCCC(n2nc(N)c3c2COCC3)C1. The molecule has 0 radical (unpaired) electrons. The second kappa shape index (κ2) is 4.31. The minimum atomic E-state index is 0.460. The summed E-state index contributed by atoms with van der Waals surface area (Å²) in [7, 11) is 2.17. The first-order valence-electron chi connectivity index (χ1n) is 6.37. The molecule has 2 N–H and O–H groups in total. The number of nitrogens with zero attached hydrogens (tertiary/aromatic N) is 3. The molecular weight excluding hydrogens is 216 g/mol. The lowest BCUT2D eigenvalue weighted by Gasteiger charge is -2.31. The van der Waals surface area contributed by atoms with Crippen LogP contribution in [0.5, 0.6) is 0 Å². The average Bonchev–Trinajstić information content (AvgIpc) is 2.68. The van der Waals surface area contributed by atoms with Gasteiger partial charge in [0, 0.05) is 18.5 Å². The maximum Gasteiger partial charge on any atom is 0.149 e. The van der Waals surface area contributed by atoms with Gasteiger partial charge in [0.2, 0.25) is 0 Å². The van der Waals surface area contributed by atoms with Gasteiger partial charge >= 0.3 is 0 Å². The average molecular weight is 236 g/mol. The minimum absolute atomic E-state index is 0.460. The van der Waals surface area contributed by atoms with Crippen molar-refractivity contribution in [2.75, 3.05) is 32.5 Å². The molecule has 94 valence electrons. The van der Waals surface area contributed by atoms with Crippen LogP contribution in [0.25, 0.3) is 0 Å². The minimum Gasteiger partial charge on any atom is -0.382 e. The number of aromatic nitrogens is 2. The fraction of sp³-hybridized carbons (Fsp3) is 0.750. The zero-order chi connectivity index (χ0) is 11.8. The zero-order valence-electron chi connectivity index (χ0n) is 10.4. The number of nitrogen functional groups attached to an aromatic ring is 1. The van der Waals surface area contributed by atoms with Gasteiger partial charge in [0.15, 0.2) is 0 Å². The predicted octanol–water partition coefficient (Wildman–Crippen LogP) is 0.805. The van der Waals surface area contributed by atoms with Crippen molar-refractivity contribution in [3.8, 4) is 0 Å². The van der Waals surface area contributed by atoms with Gasteiger partial charge in [0.05, 0.1) is 24.9 Å². The first kappa shape index (κ1) is 11.0. The van der Waals surface area contributed by atoms with Gasteiger partial charge in [0.1, 0.15) is 5.82 Å². The summed E-state index contributed by atoms with van der Waals surface area (Å²) in [6.45, 7) is 3.69. The van der Waals surface area contributed by atoms with Crippen LogP contribution in [0.3, 0.4) is 0 Å². The molecule has 5 heteroatoms. The van der Waals surface area contributed by atoms with E-state index >= 15 is 0 Å². The number of hydrogen-bond acceptors (Lipinski definition) is 4. The summed E-state index contributed by atoms with van der Waals surface area (Å²) in [6, 6.07) is 0.460. The van der Waals surface area contributed by atoms with Crippen molar-refractivity contribution in [1.82, 2.24) is 14.7 Å². The van der Waals surface area contributed by atoms with E-state index in [2.05, 4.69) is 21.7 Å². The molecule has 5 nitrogen and oxygen atoms in total. The maximum atomic E-state index is 6.00. The number of piperidine rings is 1. The molecule has 1 saturated heterocycles. The Kier molecular flexibility index (Phi) is 2.80. The van der Waals surface area contributed by atoms with Crippen molar-refractivity contribution in [1.29, 1.82) is 0 Å². The molecule has 1 unspecified atom stereocenters. The van der Waals surface area contributed by atoms with Gasteiger partial charge in [-0.2, -0.15) is 5.10 Å². The summed E-state index contributed by atoms with van der Waals surface area (Å²) in [5, 5.41) is 4.54. The van der Waals surface area contributed by atoms with E-state index in [1.807, 2.05) is 0 Å². The van der Waals surface area contributed by atoms with Crippen molar-refractivity contribution in [2.24, 2.45) is 0 Å². The normalized spacial score (nSPS) is 25.8. The summed E-state index contributed by atoms with van der Waals surface area (Å²) in [4.78, 5) is 2.36. The van der Waals surface area contributed by atoms with E-state index in [9.17, 15) is 0 Å². The summed E-state index contributed by atoms with van der Waals surface area (Å²) < 4.78 is 7.66. The lowest BCUT2D eigenvalue weighted by Crippen LogP contribution is -2.35. The van der Waals surface area contributed by atoms with Gasteiger partial charge in [0.25, 0.3) is 0 Å². The number of nitrogens with two attached hydrogens (primary N) is 1. The van der Waals surface area contributed by atoms with Crippen LogP contribution in [-0.2, 0) is 17.8 Å². The molecule has 0 aliphatic carbocycles. The Bertz CT molecular complexity index is 415. The van der Waals surface area contributed by atoms with Gasteiger partial charge in [-0.3, -0.25) is 4.68 Å². The highest BCUT2D eigenvalue weighted by Gasteiger charge is 2.26. The molecule has 0 aromatic carbocycles. The zero-order valence-corrected chi connectivity index (χ0v) is 10.4. The number of anilines is 1. The maximum absolute atomic E-state index is 6.00. The smallest absolute Gasteiger partial charge is 0.149 e. The molecule has 1 atom stereocenters. The monoisotopic (exact) mass is 236 g/mol. The van der Waals surface area contributed by atoms with Gasteiger partial charge in [-0.15, -0.1) is 0 Å². The summed E-state index contributed by atoms with van der Waals surface area (Å²) in [5.41, 5.74) is 8.42. The molecule has 17 heavy (non-hydrogen) atoms. The van der Waals surface area contributed by atoms with Crippen LogP contribution in [-0.4, -0.2) is 41.4 Å². The number of fused-ring (bicyclic) bond motifs is 1. The molecule has 0 spiro atoms. The van der Waals surface area contributed by atoms with Crippen LogP contribution in [0, 0.1) is 0 Å². The van der Waals surface area contributed by atoms with Gasteiger partial charge in [-0.25, -0.2) is 0 Å². The Morgan fingerprint density at radius 3 is 3.18 bits per heavy atom. The Morgan fingerprint density at radius 2 is 2.35 bits per heavy atom. The Balaban J connectivity index is 1.91. The number of likely N-dealkylation sites (tertiary alicyclic amines) is 1. The third-order valence-electron chi connectivity index (χ3n) is 3.83. The van der Waals surface area contributed by atoms with Crippen LogP contribution in [0.15, 0.2) is 0 Å². The summed E-state index contributed by atoms with van der Waals surface area (Å²) in [6.07, 6.45) is 3.33. The van der Waals surface area contributed by atoms with E-state index in [-0.39, 0.29) is 0 Å². The second-order valence-electron chi connectivity index (χ2n) is 5.12. The fourth-order valence-corrected chi connectivity index (χ4v) is 2.93. The Morgan fingerprint density at radius 1 is 1.47 bits per heavy atom. The molecule has 3 rings (SSSR count). The molecule has 0 bridgehead atoms. The summed E-state index contributed by atoms with van der Waals surface area (Å²) in [5.74, 6) is 0.705. The highest BCUT2D eigenvalue weighted by atomic mass is 16.5. The largest absolute Gasteiger partial charge is 0.382 e. The second-order valence-corrected chi connectivity index (χ2v) is 5.12. The van der Waals surface area contributed by atoms with Crippen LogP contribution in [0.2, 0.25) is 0 Å². The van der Waals surface area contributed by atoms with E-state index in [0.29, 0.717) is 18.5 Å². The lowest BCUT2D eigenvalue weighted by molar-refractivity contribution is 0.0989. The number of hydrogen-bond donors (Lipinski definition) is 1. The molecular formula is C12H20N4O. The molecule has 0 amide bonds. The Hall–Kier alpha value is -1.07. The number of likely N-dealkylation sites (N-methyl/N-ethyl adjacent to an activating group) is 1. The van der Waals surface area contributed by atoms with E-state index in [1.54, 1.807) is 0 Å². The van der Waals surface area contributed by atoms with Gasteiger partial charge in [-0.1, -0.05) is 0 Å². The lowest BCUT2D eigenvalue weighted by atomic mass is 10.1. The molecule has 1 aromatic rings. The summed E-state index contributed by atoms with van der Waals surface area (Å²) >= 11 is 0. The predicted molar refractivity (Wildman–Crippen MR) is 65.8 cm³/mol. The van der Waals surface area contributed by atoms with Crippen LogP contribution in [0.1, 0.15) is 30.1 Å². The van der Waals surface area contributed by atoms with Crippen LogP contribution in [0.4, 0.5) is 5.82 Å². The standard InChI is InChI=1S/C12H20N4O/c1-15-5-2-3-9(7-15)16-11-8-17-6-4-10(11)12(13)14-16/h9H,2-8H2,1H3,(H2,13,14). The van der Waals surface area contributed by atoms with Gasteiger partial charge in [-0.05, 0) is 26.4 Å². The number of rotatable bonds is 1. The van der Waals surface area contributed by atoms with E-state index in [1.165, 1.54) is 30.6 Å². The molecule has 2 aliphatic rings. The van der Waals surface area contributed by atoms with E-state index in [4.69, 9.17) is 10.5 Å². The third kappa shape index (κ3) is 1.93. The molecule has 2 aliphatic heterocycles. The molecule has 0 saturated carbocycles. The van der Waals surface area contributed by atoms with Gasteiger partial charge < -0.3 is 15.4 Å². The highest BCUT2D eigenvalue weighted by molar-refractivity contribution is 5.43. The fourth-order valence-electron chi connectivity index (χ4n) is 2.93. The van der Waals surface area contributed by atoms with Crippen LogP contribution < -0.4 is 5.73 Å². The molecule has 1 fully saturated rings. The number of ether oxygens (including phenoxy) is 1. The van der Waals surface area contributed by atoms with Crippen molar-refractivity contribution in [3.63, 3.8) is 0 Å². The quantitative estimate of drug-likeness (QED) is 0.784. The van der Waals surface area contributed by atoms with Crippen molar-refractivity contribution in [3.05, 3.63) is 11.3 Å². The van der Waals surface area contributed by atoms with Crippen molar-refractivity contribution >= 4 is 5.82 Å². The topological polar surface area (TPSA) is 56.3 Å².